The van der Waals surface area contributed by atoms with Crippen molar-refractivity contribution < 1.29 is 18.3 Å². The van der Waals surface area contributed by atoms with Gasteiger partial charge in [-0.3, -0.25) is 4.79 Å². The molecule has 106 valence electrons. The maximum absolute atomic E-state index is 12.2. The molecule has 0 amide bonds. The van der Waals surface area contributed by atoms with Crippen LogP contribution in [-0.2, 0) is 14.8 Å². The number of rotatable bonds is 5. The van der Waals surface area contributed by atoms with Crippen LogP contribution in [0.1, 0.15) is 46.0 Å². The van der Waals surface area contributed by atoms with E-state index in [1.165, 1.54) is 14.0 Å². The van der Waals surface area contributed by atoms with Crippen molar-refractivity contribution in [3.05, 3.63) is 0 Å². The monoisotopic (exact) mass is 277 g/mol. The van der Waals surface area contributed by atoms with Crippen LogP contribution in [0.3, 0.4) is 0 Å². The molecule has 0 aliphatic heterocycles. The molecule has 0 radical (unpaired) electrons. The summed E-state index contributed by atoms with van der Waals surface area (Å²) in [6.45, 7) is 3.38. The third-order valence-electron chi connectivity index (χ3n) is 3.93. The van der Waals surface area contributed by atoms with Gasteiger partial charge in [-0.1, -0.05) is 26.2 Å². The fourth-order valence-electron chi connectivity index (χ4n) is 2.49. The van der Waals surface area contributed by atoms with Crippen molar-refractivity contribution >= 4 is 16.0 Å². The Bertz CT molecular complexity index is 398. The minimum absolute atomic E-state index is 0.0497. The third-order valence-corrected chi connectivity index (χ3v) is 6.19. The summed E-state index contributed by atoms with van der Waals surface area (Å²) in [5, 5.41) is 8.88. The third kappa shape index (κ3) is 3.68. The minimum atomic E-state index is -3.51. The highest BCUT2D eigenvalue weighted by Crippen LogP contribution is 2.37. The lowest BCUT2D eigenvalue weighted by atomic mass is 9.77. The van der Waals surface area contributed by atoms with Crippen LogP contribution in [0.15, 0.2) is 0 Å². The van der Waals surface area contributed by atoms with Gasteiger partial charge in [-0.15, -0.1) is 0 Å². The number of sulfonamides is 1. The average Bonchev–Trinajstić information content (AvgIpc) is 2.26. The Morgan fingerprint density at radius 1 is 1.33 bits per heavy atom. The normalized spacial score (nSPS) is 21.8. The van der Waals surface area contributed by atoms with Crippen LogP contribution in [-0.4, -0.2) is 42.6 Å². The number of carboxylic acids is 1. The van der Waals surface area contributed by atoms with E-state index >= 15 is 0 Å². The van der Waals surface area contributed by atoms with Crippen LogP contribution < -0.4 is 0 Å². The van der Waals surface area contributed by atoms with E-state index in [1.807, 2.05) is 6.92 Å². The van der Waals surface area contributed by atoms with Gasteiger partial charge in [0, 0.05) is 7.05 Å². The van der Waals surface area contributed by atoms with Crippen molar-refractivity contribution in [2.75, 3.05) is 12.8 Å². The Balaban J connectivity index is 2.77. The van der Waals surface area contributed by atoms with Crippen LogP contribution in [0.4, 0.5) is 0 Å². The first-order valence-corrected chi connectivity index (χ1v) is 7.97. The molecule has 1 N–H and O–H groups in total. The molecule has 1 saturated carbocycles. The zero-order valence-electron chi connectivity index (χ0n) is 11.3. The summed E-state index contributed by atoms with van der Waals surface area (Å²) in [5.74, 6) is -1.07. The molecule has 0 aromatic heterocycles. The molecule has 1 fully saturated rings. The number of nitrogens with zero attached hydrogens (tertiary/aromatic N) is 1. The Morgan fingerprint density at radius 2 is 1.83 bits per heavy atom. The Morgan fingerprint density at radius 3 is 2.28 bits per heavy atom. The maximum atomic E-state index is 12.2. The number of carbonyl (C=O) groups is 1. The predicted molar refractivity (Wildman–Crippen MR) is 69.8 cm³/mol. The highest BCUT2D eigenvalue weighted by atomic mass is 32.2. The second-order valence-corrected chi connectivity index (χ2v) is 7.69. The summed E-state index contributed by atoms with van der Waals surface area (Å²) < 4.78 is 25.4. The molecule has 5 nitrogen and oxygen atoms in total. The van der Waals surface area contributed by atoms with E-state index in [4.69, 9.17) is 5.11 Å². The van der Waals surface area contributed by atoms with Gasteiger partial charge in [0.1, 0.15) is 6.04 Å². The number of carboxylic acid groups (broad SMARTS) is 1. The lowest BCUT2D eigenvalue weighted by molar-refractivity contribution is -0.140. The molecule has 18 heavy (non-hydrogen) atoms. The van der Waals surface area contributed by atoms with Gasteiger partial charge in [-0.25, -0.2) is 8.42 Å². The van der Waals surface area contributed by atoms with Gasteiger partial charge in [-0.2, -0.15) is 4.31 Å². The van der Waals surface area contributed by atoms with E-state index in [1.54, 1.807) is 0 Å². The second-order valence-electron chi connectivity index (χ2n) is 5.66. The largest absolute Gasteiger partial charge is 0.480 e. The predicted octanol–water partition coefficient (Wildman–Crippen LogP) is 1.69. The lowest BCUT2D eigenvalue weighted by Gasteiger charge is -2.35. The van der Waals surface area contributed by atoms with Crippen molar-refractivity contribution in [1.82, 2.24) is 4.31 Å². The van der Waals surface area contributed by atoms with Gasteiger partial charge in [0.15, 0.2) is 0 Å². The topological polar surface area (TPSA) is 74.7 Å². The Kier molecular flexibility index (Phi) is 4.78. The molecule has 0 spiro atoms. The first kappa shape index (κ1) is 15.4. The van der Waals surface area contributed by atoms with Gasteiger partial charge < -0.3 is 5.11 Å². The van der Waals surface area contributed by atoms with Crippen molar-refractivity contribution in [2.24, 2.45) is 5.41 Å². The molecule has 1 atom stereocenters. The smallest absolute Gasteiger partial charge is 0.321 e. The van der Waals surface area contributed by atoms with Crippen LogP contribution in [0, 0.1) is 5.41 Å². The van der Waals surface area contributed by atoms with E-state index in [-0.39, 0.29) is 11.2 Å². The van der Waals surface area contributed by atoms with Gasteiger partial charge >= 0.3 is 5.97 Å². The first-order valence-electron chi connectivity index (χ1n) is 6.36. The Labute approximate surface area is 109 Å². The van der Waals surface area contributed by atoms with Gasteiger partial charge in [0.2, 0.25) is 10.0 Å². The van der Waals surface area contributed by atoms with E-state index in [9.17, 15) is 13.2 Å². The van der Waals surface area contributed by atoms with Crippen molar-refractivity contribution in [3.8, 4) is 0 Å². The molecule has 1 unspecified atom stereocenters. The molecule has 1 rings (SSSR count). The number of hydrogen-bond donors (Lipinski definition) is 1. The summed E-state index contributed by atoms with van der Waals surface area (Å²) in [7, 11) is -2.16. The molecular weight excluding hydrogens is 254 g/mol. The molecule has 0 aromatic carbocycles. The van der Waals surface area contributed by atoms with E-state index < -0.39 is 22.0 Å². The highest BCUT2D eigenvalue weighted by molar-refractivity contribution is 7.89. The van der Waals surface area contributed by atoms with Crippen LogP contribution >= 0.6 is 0 Å². The average molecular weight is 277 g/mol. The molecule has 0 bridgehead atoms. The van der Waals surface area contributed by atoms with E-state index in [0.29, 0.717) is 0 Å². The van der Waals surface area contributed by atoms with Crippen LogP contribution in [0.2, 0.25) is 0 Å². The zero-order chi connectivity index (χ0) is 14.0. The lowest BCUT2D eigenvalue weighted by Crippen LogP contribution is -2.44. The molecule has 0 heterocycles. The standard InChI is InChI=1S/C12H23NO4S/c1-10(11(14)15)13(3)18(16,17)9-12(2)7-5-4-6-8-12/h10H,4-9H2,1-3H3,(H,14,15). The second kappa shape index (κ2) is 5.57. The molecular formula is C12H23NO4S. The summed E-state index contributed by atoms with van der Waals surface area (Å²) >= 11 is 0. The first-order chi connectivity index (χ1) is 8.18. The summed E-state index contributed by atoms with van der Waals surface area (Å²) in [6.07, 6.45) is 5.09. The zero-order valence-corrected chi connectivity index (χ0v) is 12.2. The molecule has 1 aliphatic carbocycles. The van der Waals surface area contributed by atoms with E-state index in [0.717, 1.165) is 36.4 Å². The minimum Gasteiger partial charge on any atom is -0.480 e. The molecule has 0 aromatic rings. The molecule has 6 heteroatoms. The summed E-state index contributed by atoms with van der Waals surface area (Å²) in [5.41, 5.74) is -0.205. The fourth-order valence-corrected chi connectivity index (χ4v) is 4.43. The van der Waals surface area contributed by atoms with Gasteiger partial charge in [-0.05, 0) is 25.2 Å². The van der Waals surface area contributed by atoms with Crippen molar-refractivity contribution in [3.63, 3.8) is 0 Å². The van der Waals surface area contributed by atoms with Crippen LogP contribution in [0.5, 0.6) is 0 Å². The summed E-state index contributed by atoms with van der Waals surface area (Å²) in [4.78, 5) is 10.9. The van der Waals surface area contributed by atoms with Crippen molar-refractivity contribution in [2.45, 2.75) is 52.0 Å². The van der Waals surface area contributed by atoms with E-state index in [2.05, 4.69) is 0 Å². The quantitative estimate of drug-likeness (QED) is 0.830. The molecule has 1 aliphatic rings. The highest BCUT2D eigenvalue weighted by Gasteiger charge is 2.36. The van der Waals surface area contributed by atoms with Gasteiger partial charge in [0.25, 0.3) is 0 Å². The number of likely N-dealkylation sites (N-methyl/N-ethyl adjacent to an activating group) is 1. The Hall–Kier alpha value is -0.620. The van der Waals surface area contributed by atoms with Crippen molar-refractivity contribution in [1.29, 1.82) is 0 Å². The van der Waals surface area contributed by atoms with Gasteiger partial charge in [0.05, 0.1) is 5.75 Å². The SMILES string of the molecule is CC(C(=O)O)N(C)S(=O)(=O)CC1(C)CCCCC1. The maximum Gasteiger partial charge on any atom is 0.321 e. The van der Waals surface area contributed by atoms with Crippen LogP contribution in [0.25, 0.3) is 0 Å². The number of aliphatic carboxylic acids is 1. The summed E-state index contributed by atoms with van der Waals surface area (Å²) in [6, 6.07) is -1.01. The molecule has 0 saturated heterocycles. The fraction of sp³-hybridized carbons (Fsp3) is 0.917. The number of hydrogen-bond acceptors (Lipinski definition) is 3.